The lowest BCUT2D eigenvalue weighted by molar-refractivity contribution is -0.141. The first-order valence-corrected chi connectivity index (χ1v) is 6.79. The third kappa shape index (κ3) is 3.19. The van der Waals surface area contributed by atoms with Crippen molar-refractivity contribution in [2.24, 2.45) is 5.92 Å². The summed E-state index contributed by atoms with van der Waals surface area (Å²) >= 11 is 0. The van der Waals surface area contributed by atoms with Gasteiger partial charge < -0.3 is 10.1 Å². The largest absolute Gasteiger partial charge is 0.435 e. The molecule has 3 heterocycles. The number of nitrogens with zero attached hydrogens (tertiary/aromatic N) is 3. The highest BCUT2D eigenvalue weighted by atomic mass is 19.4. The molecule has 3 rings (SSSR count). The molecular weight excluding hydrogens is 299 g/mol. The van der Waals surface area contributed by atoms with E-state index in [1.54, 1.807) is 12.4 Å². The molecule has 0 spiro atoms. The molecule has 9 heteroatoms. The van der Waals surface area contributed by atoms with Crippen LogP contribution in [0, 0.1) is 5.92 Å². The molecule has 0 radical (unpaired) electrons. The first-order valence-electron chi connectivity index (χ1n) is 6.79. The zero-order chi connectivity index (χ0) is 15.6. The van der Waals surface area contributed by atoms with Gasteiger partial charge in [0, 0.05) is 30.8 Å². The van der Waals surface area contributed by atoms with E-state index in [4.69, 9.17) is 4.74 Å². The van der Waals surface area contributed by atoms with Crippen LogP contribution in [0.25, 0.3) is 0 Å². The number of aromatic amines is 1. The number of halogens is 3. The Morgan fingerprint density at radius 3 is 2.82 bits per heavy atom. The van der Waals surface area contributed by atoms with Crippen LogP contribution in [0.3, 0.4) is 0 Å². The minimum absolute atomic E-state index is 0.0753. The van der Waals surface area contributed by atoms with E-state index < -0.39 is 11.9 Å². The number of rotatable bonds is 4. The van der Waals surface area contributed by atoms with Crippen molar-refractivity contribution in [1.82, 2.24) is 20.4 Å². The van der Waals surface area contributed by atoms with E-state index in [0.717, 1.165) is 18.1 Å². The number of H-pyrrole nitrogens is 1. The second kappa shape index (κ2) is 5.91. The molecule has 6 nitrogen and oxygen atoms in total. The molecule has 0 amide bonds. The van der Waals surface area contributed by atoms with E-state index in [0.29, 0.717) is 19.0 Å². The monoisotopic (exact) mass is 313 g/mol. The summed E-state index contributed by atoms with van der Waals surface area (Å²) in [7, 11) is 0. The summed E-state index contributed by atoms with van der Waals surface area (Å²) in [6.45, 7) is 1.18. The van der Waals surface area contributed by atoms with Crippen LogP contribution < -0.4 is 5.32 Å². The molecule has 1 aliphatic heterocycles. The van der Waals surface area contributed by atoms with Crippen molar-refractivity contribution in [3.63, 3.8) is 0 Å². The lowest BCUT2D eigenvalue weighted by Crippen LogP contribution is -2.19. The third-order valence-electron chi connectivity index (χ3n) is 3.56. The van der Waals surface area contributed by atoms with E-state index in [1.807, 2.05) is 0 Å². The Labute approximate surface area is 124 Å². The summed E-state index contributed by atoms with van der Waals surface area (Å²) in [5.41, 5.74) is -0.0404. The normalized spacial score (nSPS) is 22.0. The van der Waals surface area contributed by atoms with Crippen LogP contribution in [-0.4, -0.2) is 33.5 Å². The predicted octanol–water partition coefficient (Wildman–Crippen LogP) is 2.41. The highest BCUT2D eigenvalue weighted by Gasteiger charge is 2.33. The minimum Gasteiger partial charge on any atom is -0.373 e. The first-order chi connectivity index (χ1) is 10.5. The van der Waals surface area contributed by atoms with E-state index in [-0.39, 0.29) is 12.0 Å². The average Bonchev–Trinajstić information content (AvgIpc) is 3.15. The zero-order valence-corrected chi connectivity index (χ0v) is 11.5. The summed E-state index contributed by atoms with van der Waals surface area (Å²) in [6, 6.07) is 2.19. The van der Waals surface area contributed by atoms with Gasteiger partial charge in [-0.2, -0.15) is 18.3 Å². The Morgan fingerprint density at radius 2 is 2.18 bits per heavy atom. The van der Waals surface area contributed by atoms with Crippen LogP contribution in [0.4, 0.5) is 19.0 Å². The number of nitrogens with one attached hydrogen (secondary N) is 2. The van der Waals surface area contributed by atoms with Gasteiger partial charge in [0.15, 0.2) is 5.69 Å². The summed E-state index contributed by atoms with van der Waals surface area (Å²) in [5, 5.41) is 16.4. The predicted molar refractivity (Wildman–Crippen MR) is 70.9 cm³/mol. The van der Waals surface area contributed by atoms with E-state index in [2.05, 4.69) is 25.7 Å². The van der Waals surface area contributed by atoms with Gasteiger partial charge in [-0.15, -0.1) is 10.2 Å². The fraction of sp³-hybridized carbons (Fsp3) is 0.462. The van der Waals surface area contributed by atoms with Gasteiger partial charge in [-0.25, -0.2) is 0 Å². The van der Waals surface area contributed by atoms with Crippen LogP contribution in [-0.2, 0) is 10.9 Å². The van der Waals surface area contributed by atoms with Crippen molar-refractivity contribution in [3.8, 4) is 0 Å². The molecule has 0 aromatic carbocycles. The number of ether oxygens (including phenoxy) is 1. The fourth-order valence-electron chi connectivity index (χ4n) is 2.44. The van der Waals surface area contributed by atoms with Crippen LogP contribution in [0.15, 0.2) is 24.5 Å². The third-order valence-corrected chi connectivity index (χ3v) is 3.56. The first kappa shape index (κ1) is 14.8. The minimum atomic E-state index is -4.47. The summed E-state index contributed by atoms with van der Waals surface area (Å²) in [4.78, 5) is 0. The molecule has 2 aromatic heterocycles. The molecule has 0 bridgehead atoms. The second-order valence-electron chi connectivity index (χ2n) is 5.05. The van der Waals surface area contributed by atoms with Gasteiger partial charge in [-0.1, -0.05) is 0 Å². The second-order valence-corrected chi connectivity index (χ2v) is 5.05. The number of aromatic nitrogens is 4. The topological polar surface area (TPSA) is 75.7 Å². The lowest BCUT2D eigenvalue weighted by atomic mass is 9.97. The Hall–Kier alpha value is -2.16. The highest BCUT2D eigenvalue weighted by Crippen LogP contribution is 2.34. The van der Waals surface area contributed by atoms with Crippen LogP contribution >= 0.6 is 0 Å². The van der Waals surface area contributed by atoms with Crippen molar-refractivity contribution in [2.45, 2.75) is 18.7 Å². The fourth-order valence-corrected chi connectivity index (χ4v) is 2.44. The molecule has 1 fully saturated rings. The molecule has 0 saturated carbocycles. The molecule has 22 heavy (non-hydrogen) atoms. The lowest BCUT2D eigenvalue weighted by Gasteiger charge is -2.17. The Kier molecular flexibility index (Phi) is 3.97. The van der Waals surface area contributed by atoms with E-state index in [9.17, 15) is 13.2 Å². The van der Waals surface area contributed by atoms with Gasteiger partial charge in [-0.3, -0.25) is 5.10 Å². The number of hydrogen-bond donors (Lipinski definition) is 2. The summed E-state index contributed by atoms with van der Waals surface area (Å²) < 4.78 is 42.9. The molecule has 2 aromatic rings. The van der Waals surface area contributed by atoms with Crippen LogP contribution in [0.2, 0.25) is 0 Å². The molecule has 118 valence electrons. The van der Waals surface area contributed by atoms with Gasteiger partial charge in [0.1, 0.15) is 5.82 Å². The van der Waals surface area contributed by atoms with E-state index in [1.165, 1.54) is 6.07 Å². The van der Waals surface area contributed by atoms with Crippen molar-refractivity contribution in [1.29, 1.82) is 0 Å². The van der Waals surface area contributed by atoms with E-state index >= 15 is 0 Å². The standard InChI is InChI=1S/C13H14F3N5O/c14-13(15,16)10-1-2-11(21-20-10)17-5-8-3-4-22-12(8)9-6-18-19-7-9/h1-2,6-8,12H,3-5H2,(H,17,21)(H,18,19)/t8-,12+/m1/s1. The zero-order valence-electron chi connectivity index (χ0n) is 11.5. The van der Waals surface area contributed by atoms with Crippen molar-refractivity contribution in [2.75, 3.05) is 18.5 Å². The summed E-state index contributed by atoms with van der Waals surface area (Å²) in [6.07, 6.45) is -0.204. The molecule has 1 saturated heterocycles. The van der Waals surface area contributed by atoms with Crippen molar-refractivity contribution in [3.05, 3.63) is 35.8 Å². The van der Waals surface area contributed by atoms with Gasteiger partial charge >= 0.3 is 6.18 Å². The van der Waals surface area contributed by atoms with Crippen molar-refractivity contribution >= 4 is 5.82 Å². The molecule has 0 unspecified atom stereocenters. The molecule has 2 atom stereocenters. The number of hydrogen-bond acceptors (Lipinski definition) is 5. The van der Waals surface area contributed by atoms with Gasteiger partial charge in [0.25, 0.3) is 0 Å². The SMILES string of the molecule is FC(F)(F)c1ccc(NC[C@H]2CCO[C@@H]2c2cn[nH]c2)nn1. The van der Waals surface area contributed by atoms with Crippen LogP contribution in [0.5, 0.6) is 0 Å². The molecular formula is C13H14F3N5O. The Balaban J connectivity index is 1.60. The molecule has 2 N–H and O–H groups in total. The van der Waals surface area contributed by atoms with Gasteiger partial charge in [-0.05, 0) is 18.6 Å². The number of alkyl halides is 3. The maximum Gasteiger partial charge on any atom is 0.435 e. The van der Waals surface area contributed by atoms with Crippen molar-refractivity contribution < 1.29 is 17.9 Å². The van der Waals surface area contributed by atoms with Gasteiger partial charge in [0.05, 0.1) is 12.3 Å². The van der Waals surface area contributed by atoms with Gasteiger partial charge in [0.2, 0.25) is 0 Å². The molecule has 0 aliphatic carbocycles. The van der Waals surface area contributed by atoms with Crippen LogP contribution in [0.1, 0.15) is 23.8 Å². The average molecular weight is 313 g/mol. The number of anilines is 1. The Bertz CT molecular complexity index is 599. The molecule has 1 aliphatic rings. The quantitative estimate of drug-likeness (QED) is 0.906. The Morgan fingerprint density at radius 1 is 1.32 bits per heavy atom. The highest BCUT2D eigenvalue weighted by molar-refractivity contribution is 5.33. The smallest absolute Gasteiger partial charge is 0.373 e. The summed E-state index contributed by atoms with van der Waals surface area (Å²) in [5.74, 6) is 0.507. The maximum atomic E-state index is 12.4. The maximum absolute atomic E-state index is 12.4.